The molecule has 2 aliphatic rings. The number of Topliss-reactive ketones (excluding diaryl/α,β-unsaturated/α-hetero) is 2. The lowest BCUT2D eigenvalue weighted by atomic mass is 9.69. The summed E-state index contributed by atoms with van der Waals surface area (Å²) in [5.41, 5.74) is -1.84. The first-order chi connectivity index (χ1) is 19.5. The first-order valence-electron chi connectivity index (χ1n) is 12.6. The van der Waals surface area contributed by atoms with Crippen LogP contribution >= 0.6 is 11.6 Å². The van der Waals surface area contributed by atoms with Crippen molar-refractivity contribution in [3.63, 3.8) is 0 Å². The zero-order chi connectivity index (χ0) is 30.2. The number of carbonyl (C=O) groups is 3. The minimum Gasteiger partial charge on any atom is -0.507 e. The molecule has 2 aromatic rings. The summed E-state index contributed by atoms with van der Waals surface area (Å²) >= 11 is 6.53. The van der Waals surface area contributed by atoms with Gasteiger partial charge in [-0.05, 0) is 17.7 Å². The van der Waals surface area contributed by atoms with Gasteiger partial charge in [0.25, 0.3) is 0 Å². The smallest absolute Gasteiger partial charge is 0.306 e. The van der Waals surface area contributed by atoms with Gasteiger partial charge in [-0.15, -0.1) is 0 Å². The molecule has 11 nitrogen and oxygen atoms in total. The molecule has 2 aromatic carbocycles. The predicted molar refractivity (Wildman–Crippen MR) is 146 cm³/mol. The molecule has 1 spiro atoms. The Labute approximate surface area is 241 Å². The van der Waals surface area contributed by atoms with Gasteiger partial charge in [0.2, 0.25) is 17.1 Å². The maximum absolute atomic E-state index is 14.1. The van der Waals surface area contributed by atoms with Crippen LogP contribution in [0.5, 0.6) is 34.5 Å². The Hall–Kier alpha value is -4.12. The van der Waals surface area contributed by atoms with Crippen molar-refractivity contribution < 1.29 is 52.6 Å². The second-order valence-corrected chi connectivity index (χ2v) is 9.93. The fraction of sp³-hybridized carbons (Fsp3) is 0.414. The van der Waals surface area contributed by atoms with E-state index in [0.29, 0.717) is 5.56 Å². The number of ketones is 2. The van der Waals surface area contributed by atoms with E-state index in [1.54, 1.807) is 19.1 Å². The van der Waals surface area contributed by atoms with Gasteiger partial charge in [-0.1, -0.05) is 18.5 Å². The van der Waals surface area contributed by atoms with E-state index in [1.165, 1.54) is 48.7 Å². The van der Waals surface area contributed by atoms with Crippen molar-refractivity contribution >= 4 is 29.1 Å². The SMILES string of the molecule is COC(=O)C[C@@H](C1=C(O)[C@@]2(Oc3c(Cl)c(OC)cc(OC)c3C2=O)[C@H](C)CC1=O)c1cc(OC)c(OC)c(OC)c1. The largest absolute Gasteiger partial charge is 0.507 e. The van der Waals surface area contributed by atoms with Gasteiger partial charge in [-0.3, -0.25) is 14.4 Å². The van der Waals surface area contributed by atoms with Crippen LogP contribution in [-0.4, -0.2) is 70.9 Å². The van der Waals surface area contributed by atoms with E-state index in [4.69, 9.17) is 44.8 Å². The molecule has 0 bridgehead atoms. The number of hydrogen-bond acceptors (Lipinski definition) is 11. The molecule has 0 radical (unpaired) electrons. The van der Waals surface area contributed by atoms with Gasteiger partial charge in [0, 0.05) is 29.9 Å². The number of hydrogen-bond donors (Lipinski definition) is 1. The van der Waals surface area contributed by atoms with E-state index in [-0.39, 0.29) is 63.5 Å². The molecular formula is C29H31ClO11. The maximum Gasteiger partial charge on any atom is 0.306 e. The standard InChI is InChI=1S/C29H31ClO11/c1-13-8-16(31)22(15(11-21(32)39-6)14-9-19(37-4)25(40-7)20(10-14)38-5)27(33)29(13)28(34)23-17(35-2)12-18(36-3)24(30)26(23)41-29/h9-10,12-13,15,33H,8,11H2,1-7H3/t13-,15-,29+/m1/s1. The fourth-order valence-electron chi connectivity index (χ4n) is 5.48. The third-order valence-electron chi connectivity index (χ3n) is 7.55. The number of methoxy groups -OCH3 is 6. The van der Waals surface area contributed by atoms with Gasteiger partial charge < -0.3 is 38.3 Å². The van der Waals surface area contributed by atoms with Crippen LogP contribution in [-0.2, 0) is 14.3 Å². The van der Waals surface area contributed by atoms with Crippen molar-refractivity contribution in [2.45, 2.75) is 31.3 Å². The highest BCUT2D eigenvalue weighted by atomic mass is 35.5. The number of ether oxygens (including phenoxy) is 7. The average molecular weight is 591 g/mol. The number of esters is 1. The van der Waals surface area contributed by atoms with E-state index in [2.05, 4.69) is 0 Å². The number of aliphatic hydroxyl groups excluding tert-OH is 1. The zero-order valence-electron chi connectivity index (χ0n) is 23.7. The quantitative estimate of drug-likeness (QED) is 0.414. The first kappa shape index (κ1) is 29.9. The highest BCUT2D eigenvalue weighted by Crippen LogP contribution is 2.56. The number of halogens is 1. The highest BCUT2D eigenvalue weighted by Gasteiger charge is 2.61. The van der Waals surface area contributed by atoms with Gasteiger partial charge in [0.05, 0.1) is 49.1 Å². The molecule has 41 heavy (non-hydrogen) atoms. The summed E-state index contributed by atoms with van der Waals surface area (Å²) in [6.07, 6.45) is -0.540. The minimum absolute atomic E-state index is 0.00250. The normalized spacial score (nSPS) is 20.3. The molecule has 220 valence electrons. The summed E-state index contributed by atoms with van der Waals surface area (Å²) in [5, 5.41) is 11.9. The minimum atomic E-state index is -2.02. The molecule has 0 unspecified atom stereocenters. The fourth-order valence-corrected chi connectivity index (χ4v) is 5.74. The third-order valence-corrected chi connectivity index (χ3v) is 7.91. The van der Waals surface area contributed by atoms with Crippen molar-refractivity contribution in [1.82, 2.24) is 0 Å². The van der Waals surface area contributed by atoms with E-state index in [9.17, 15) is 19.5 Å². The van der Waals surface area contributed by atoms with Gasteiger partial charge in [-0.25, -0.2) is 0 Å². The van der Waals surface area contributed by atoms with Crippen molar-refractivity contribution in [1.29, 1.82) is 0 Å². The lowest BCUT2D eigenvalue weighted by molar-refractivity contribution is -0.140. The molecule has 0 saturated carbocycles. The van der Waals surface area contributed by atoms with Gasteiger partial charge in [-0.2, -0.15) is 0 Å². The Balaban J connectivity index is 2.00. The highest BCUT2D eigenvalue weighted by molar-refractivity contribution is 6.35. The van der Waals surface area contributed by atoms with Crippen LogP contribution < -0.4 is 28.4 Å². The summed E-state index contributed by atoms with van der Waals surface area (Å²) in [6, 6.07) is 4.56. The number of aliphatic hydroxyl groups is 1. The molecule has 0 fully saturated rings. The van der Waals surface area contributed by atoms with E-state index in [0.717, 1.165) is 0 Å². The van der Waals surface area contributed by atoms with E-state index >= 15 is 0 Å². The van der Waals surface area contributed by atoms with Crippen molar-refractivity contribution in [3.8, 4) is 34.5 Å². The van der Waals surface area contributed by atoms with Crippen LogP contribution in [0.2, 0.25) is 5.02 Å². The lowest BCUT2D eigenvalue weighted by Gasteiger charge is -2.38. The van der Waals surface area contributed by atoms with Crippen LogP contribution in [0.1, 0.15) is 41.6 Å². The Morgan fingerprint density at radius 1 is 0.976 bits per heavy atom. The molecule has 4 rings (SSSR count). The Morgan fingerprint density at radius 2 is 1.56 bits per heavy atom. The molecular weight excluding hydrogens is 560 g/mol. The molecule has 1 N–H and O–H groups in total. The van der Waals surface area contributed by atoms with Crippen molar-refractivity contribution in [2.24, 2.45) is 5.92 Å². The average Bonchev–Trinajstić information content (AvgIpc) is 3.29. The number of benzene rings is 2. The summed E-state index contributed by atoms with van der Waals surface area (Å²) in [5.74, 6) is -3.26. The number of carbonyl (C=O) groups excluding carboxylic acids is 3. The van der Waals surface area contributed by atoms with Crippen LogP contribution in [0.3, 0.4) is 0 Å². The number of allylic oxidation sites excluding steroid dienone is 1. The number of rotatable bonds is 9. The summed E-state index contributed by atoms with van der Waals surface area (Å²) < 4.78 is 38.2. The molecule has 1 heterocycles. The lowest BCUT2D eigenvalue weighted by Crippen LogP contribution is -2.53. The third kappa shape index (κ3) is 4.57. The van der Waals surface area contributed by atoms with Crippen LogP contribution in [0.25, 0.3) is 0 Å². The molecule has 0 saturated heterocycles. The summed E-state index contributed by atoms with van der Waals surface area (Å²) in [7, 11) is 8.24. The zero-order valence-corrected chi connectivity index (χ0v) is 24.5. The first-order valence-corrected chi connectivity index (χ1v) is 12.9. The molecule has 12 heteroatoms. The van der Waals surface area contributed by atoms with Crippen molar-refractivity contribution in [2.75, 3.05) is 42.7 Å². The molecule has 0 amide bonds. The van der Waals surface area contributed by atoms with Gasteiger partial charge in [0.1, 0.15) is 22.1 Å². The predicted octanol–water partition coefficient (Wildman–Crippen LogP) is 4.46. The molecule has 0 aromatic heterocycles. The second-order valence-electron chi connectivity index (χ2n) is 9.55. The maximum atomic E-state index is 14.1. The van der Waals surface area contributed by atoms with Crippen LogP contribution in [0, 0.1) is 5.92 Å². The number of fused-ring (bicyclic) bond motifs is 1. The van der Waals surface area contributed by atoms with Crippen LogP contribution in [0.4, 0.5) is 0 Å². The topological polar surface area (TPSA) is 136 Å². The van der Waals surface area contributed by atoms with E-state index < -0.39 is 40.7 Å². The monoisotopic (exact) mass is 590 g/mol. The Morgan fingerprint density at radius 3 is 2.07 bits per heavy atom. The molecule has 1 aliphatic carbocycles. The molecule has 1 aliphatic heterocycles. The van der Waals surface area contributed by atoms with Gasteiger partial charge >= 0.3 is 5.97 Å². The van der Waals surface area contributed by atoms with Crippen LogP contribution in [0.15, 0.2) is 29.5 Å². The Kier molecular flexibility index (Phi) is 8.30. The Bertz CT molecular complexity index is 1420. The van der Waals surface area contributed by atoms with Crippen molar-refractivity contribution in [3.05, 3.63) is 45.7 Å². The van der Waals surface area contributed by atoms with E-state index in [1.807, 2.05) is 0 Å². The molecule has 3 atom stereocenters. The summed E-state index contributed by atoms with van der Waals surface area (Å²) in [4.78, 5) is 40.4. The second kappa shape index (κ2) is 11.4. The van der Waals surface area contributed by atoms with Gasteiger partial charge in [0.15, 0.2) is 28.8 Å². The summed E-state index contributed by atoms with van der Waals surface area (Å²) in [6.45, 7) is 1.61.